The smallest absolute Gasteiger partial charge is 0.254 e. The molecule has 0 spiro atoms. The van der Waals surface area contributed by atoms with Gasteiger partial charge in [-0.05, 0) is 43.5 Å². The number of hydrogen-bond acceptors (Lipinski definition) is 2. The van der Waals surface area contributed by atoms with E-state index in [1.807, 2.05) is 0 Å². The Morgan fingerprint density at radius 3 is 2.80 bits per heavy atom. The number of benzene rings is 1. The van der Waals surface area contributed by atoms with Crippen LogP contribution in [-0.2, 0) is 0 Å². The Morgan fingerprint density at radius 1 is 1.35 bits per heavy atom. The third-order valence-electron chi connectivity index (χ3n) is 3.77. The van der Waals surface area contributed by atoms with E-state index < -0.39 is 28.9 Å². The van der Waals surface area contributed by atoms with Gasteiger partial charge >= 0.3 is 0 Å². The molecule has 2 rings (SSSR count). The van der Waals surface area contributed by atoms with Crippen molar-refractivity contribution < 1.29 is 18.0 Å². The maximum Gasteiger partial charge on any atom is 0.254 e. The molecular formula is C14H17F3N2O. The van der Waals surface area contributed by atoms with Crippen LogP contribution >= 0.6 is 0 Å². The van der Waals surface area contributed by atoms with Gasteiger partial charge < -0.3 is 10.6 Å². The SMILES string of the molecule is CC1CNCCC1CNC(=O)c1ccc(F)c(F)c1F. The van der Waals surface area contributed by atoms with Crippen molar-refractivity contribution >= 4 is 5.91 Å². The maximum absolute atomic E-state index is 13.5. The minimum Gasteiger partial charge on any atom is -0.352 e. The molecule has 2 N–H and O–H groups in total. The summed E-state index contributed by atoms with van der Waals surface area (Å²) >= 11 is 0. The fraction of sp³-hybridized carbons (Fsp3) is 0.500. The van der Waals surface area contributed by atoms with Gasteiger partial charge in [0.25, 0.3) is 5.91 Å². The number of rotatable bonds is 3. The Hall–Kier alpha value is -1.56. The first kappa shape index (κ1) is 14.8. The molecule has 0 aliphatic carbocycles. The molecule has 3 nitrogen and oxygen atoms in total. The molecule has 1 aliphatic heterocycles. The zero-order valence-corrected chi connectivity index (χ0v) is 11.2. The lowest BCUT2D eigenvalue weighted by atomic mass is 9.88. The Bertz CT molecular complexity index is 507. The summed E-state index contributed by atoms with van der Waals surface area (Å²) in [5, 5.41) is 5.83. The monoisotopic (exact) mass is 286 g/mol. The number of nitrogens with one attached hydrogen (secondary N) is 2. The molecule has 0 saturated carbocycles. The molecular weight excluding hydrogens is 269 g/mol. The van der Waals surface area contributed by atoms with Crippen LogP contribution in [0, 0.1) is 29.3 Å². The molecule has 1 aliphatic rings. The molecule has 2 unspecified atom stereocenters. The van der Waals surface area contributed by atoms with Crippen molar-refractivity contribution in [1.82, 2.24) is 10.6 Å². The van der Waals surface area contributed by atoms with Gasteiger partial charge in [-0.3, -0.25) is 4.79 Å². The minimum absolute atomic E-state index is 0.300. The van der Waals surface area contributed by atoms with Crippen LogP contribution in [0.5, 0.6) is 0 Å². The van der Waals surface area contributed by atoms with Gasteiger partial charge in [0.2, 0.25) is 0 Å². The van der Waals surface area contributed by atoms with Crippen molar-refractivity contribution in [2.45, 2.75) is 13.3 Å². The molecule has 0 bridgehead atoms. The summed E-state index contributed by atoms with van der Waals surface area (Å²) in [6.45, 7) is 4.23. The molecule has 20 heavy (non-hydrogen) atoms. The zero-order chi connectivity index (χ0) is 14.7. The Labute approximate surface area is 115 Å². The maximum atomic E-state index is 13.5. The summed E-state index contributed by atoms with van der Waals surface area (Å²) in [4.78, 5) is 11.8. The number of piperidine rings is 1. The highest BCUT2D eigenvalue weighted by Crippen LogP contribution is 2.18. The average Bonchev–Trinajstić information content (AvgIpc) is 2.44. The minimum atomic E-state index is -1.62. The van der Waals surface area contributed by atoms with E-state index in [1.54, 1.807) is 0 Å². The predicted octanol–water partition coefficient (Wildman–Crippen LogP) is 2.08. The fourth-order valence-electron chi connectivity index (χ4n) is 2.39. The highest BCUT2D eigenvalue weighted by Gasteiger charge is 2.23. The third kappa shape index (κ3) is 3.12. The van der Waals surface area contributed by atoms with Gasteiger partial charge in [0.15, 0.2) is 17.5 Å². The third-order valence-corrected chi connectivity index (χ3v) is 3.77. The van der Waals surface area contributed by atoms with Crippen molar-refractivity contribution in [3.8, 4) is 0 Å². The fourth-order valence-corrected chi connectivity index (χ4v) is 2.39. The quantitative estimate of drug-likeness (QED) is 0.835. The van der Waals surface area contributed by atoms with E-state index in [1.165, 1.54) is 0 Å². The predicted molar refractivity (Wildman–Crippen MR) is 68.8 cm³/mol. The molecule has 1 fully saturated rings. The van der Waals surface area contributed by atoms with Crippen LogP contribution in [0.3, 0.4) is 0 Å². The van der Waals surface area contributed by atoms with Crippen molar-refractivity contribution in [1.29, 1.82) is 0 Å². The lowest BCUT2D eigenvalue weighted by Gasteiger charge is -2.29. The molecule has 0 radical (unpaired) electrons. The van der Waals surface area contributed by atoms with E-state index in [4.69, 9.17) is 0 Å². The van der Waals surface area contributed by atoms with Gasteiger partial charge in [0.1, 0.15) is 0 Å². The van der Waals surface area contributed by atoms with Crippen LogP contribution in [0.2, 0.25) is 0 Å². The average molecular weight is 286 g/mol. The largest absolute Gasteiger partial charge is 0.352 e. The summed E-state index contributed by atoms with van der Waals surface area (Å²) in [7, 11) is 0. The van der Waals surface area contributed by atoms with Crippen molar-refractivity contribution in [2.75, 3.05) is 19.6 Å². The molecule has 110 valence electrons. The van der Waals surface area contributed by atoms with Crippen LogP contribution in [-0.4, -0.2) is 25.5 Å². The van der Waals surface area contributed by atoms with E-state index in [0.29, 0.717) is 18.4 Å². The first-order chi connectivity index (χ1) is 9.50. The molecule has 1 heterocycles. The Kier molecular flexibility index (Phi) is 4.65. The van der Waals surface area contributed by atoms with E-state index in [-0.39, 0.29) is 0 Å². The Balaban J connectivity index is 2.00. The van der Waals surface area contributed by atoms with Crippen LogP contribution in [0.15, 0.2) is 12.1 Å². The molecule has 0 aromatic heterocycles. The summed E-state index contributed by atoms with van der Waals surface area (Å²) in [6, 6.07) is 1.70. The van der Waals surface area contributed by atoms with E-state index in [9.17, 15) is 18.0 Å². The summed E-state index contributed by atoms with van der Waals surface area (Å²) in [6.07, 6.45) is 0.918. The van der Waals surface area contributed by atoms with Crippen LogP contribution in [0.4, 0.5) is 13.2 Å². The number of halogens is 3. The lowest BCUT2D eigenvalue weighted by Crippen LogP contribution is -2.41. The highest BCUT2D eigenvalue weighted by atomic mass is 19.2. The molecule has 1 aromatic rings. The van der Waals surface area contributed by atoms with Crippen LogP contribution in [0.25, 0.3) is 0 Å². The molecule has 2 atom stereocenters. The van der Waals surface area contributed by atoms with Gasteiger partial charge in [-0.25, -0.2) is 13.2 Å². The number of carbonyl (C=O) groups is 1. The van der Waals surface area contributed by atoms with Crippen molar-refractivity contribution in [2.24, 2.45) is 11.8 Å². The van der Waals surface area contributed by atoms with Gasteiger partial charge in [-0.1, -0.05) is 6.92 Å². The molecule has 6 heteroatoms. The molecule has 1 aromatic carbocycles. The second-order valence-electron chi connectivity index (χ2n) is 5.16. The van der Waals surface area contributed by atoms with Crippen LogP contribution < -0.4 is 10.6 Å². The summed E-state index contributed by atoms with van der Waals surface area (Å²) in [5.74, 6) is -4.38. The second kappa shape index (κ2) is 6.26. The molecule has 1 amide bonds. The first-order valence-corrected chi connectivity index (χ1v) is 6.63. The Morgan fingerprint density at radius 2 is 2.10 bits per heavy atom. The standard InChI is InChI=1S/C14H17F3N2O/c1-8-6-18-5-4-9(8)7-19-14(20)10-2-3-11(15)13(17)12(10)16/h2-3,8-9,18H,4-7H2,1H3,(H,19,20). The number of carbonyl (C=O) groups excluding carboxylic acids is 1. The lowest BCUT2D eigenvalue weighted by molar-refractivity contribution is 0.0932. The number of hydrogen-bond donors (Lipinski definition) is 2. The van der Waals surface area contributed by atoms with Crippen molar-refractivity contribution in [3.63, 3.8) is 0 Å². The topological polar surface area (TPSA) is 41.1 Å². The van der Waals surface area contributed by atoms with Crippen molar-refractivity contribution in [3.05, 3.63) is 35.1 Å². The van der Waals surface area contributed by atoms with E-state index in [0.717, 1.165) is 31.6 Å². The van der Waals surface area contributed by atoms with Gasteiger partial charge in [0.05, 0.1) is 5.56 Å². The summed E-state index contributed by atoms with van der Waals surface area (Å²) < 4.78 is 39.3. The molecule has 1 saturated heterocycles. The zero-order valence-electron chi connectivity index (χ0n) is 11.2. The number of amides is 1. The highest BCUT2D eigenvalue weighted by molar-refractivity contribution is 5.94. The second-order valence-corrected chi connectivity index (χ2v) is 5.16. The van der Waals surface area contributed by atoms with Gasteiger partial charge in [-0.2, -0.15) is 0 Å². The summed E-state index contributed by atoms with van der Waals surface area (Å²) in [5.41, 5.74) is -0.467. The van der Waals surface area contributed by atoms with Gasteiger partial charge in [-0.15, -0.1) is 0 Å². The van der Waals surface area contributed by atoms with Gasteiger partial charge in [0, 0.05) is 6.54 Å². The normalized spacial score (nSPS) is 22.6. The first-order valence-electron chi connectivity index (χ1n) is 6.63. The van der Waals surface area contributed by atoms with E-state index in [2.05, 4.69) is 17.6 Å². The van der Waals surface area contributed by atoms with E-state index >= 15 is 0 Å². The van der Waals surface area contributed by atoms with Crippen LogP contribution in [0.1, 0.15) is 23.7 Å².